The number of β-amino-alcohol motifs (C(OH)–C–C–N with tert-alkyl or cyclic N) is 1. The number of likely N-dealkylation sites (tertiary alicyclic amines) is 1. The Kier molecular flexibility index (Phi) is 3.28. The third-order valence-corrected chi connectivity index (χ3v) is 5.33. The third-order valence-electron chi connectivity index (χ3n) is 4.19. The highest BCUT2D eigenvalue weighted by Crippen LogP contribution is 2.34. The van der Waals surface area contributed by atoms with Gasteiger partial charge in [-0.25, -0.2) is 4.98 Å². The molecule has 0 amide bonds. The quantitative estimate of drug-likeness (QED) is 0.929. The van der Waals surface area contributed by atoms with Crippen molar-refractivity contribution in [3.63, 3.8) is 0 Å². The van der Waals surface area contributed by atoms with Crippen molar-refractivity contribution in [3.8, 4) is 0 Å². The van der Waals surface area contributed by atoms with E-state index in [2.05, 4.69) is 15.0 Å². The van der Waals surface area contributed by atoms with Gasteiger partial charge in [0.1, 0.15) is 5.01 Å². The molecule has 2 aliphatic rings. The first-order chi connectivity index (χ1) is 10.2. The van der Waals surface area contributed by atoms with Gasteiger partial charge in [0.15, 0.2) is 5.82 Å². The predicted molar refractivity (Wildman–Crippen MR) is 76.9 cm³/mol. The van der Waals surface area contributed by atoms with Crippen LogP contribution < -0.4 is 0 Å². The summed E-state index contributed by atoms with van der Waals surface area (Å²) >= 11 is 1.81. The van der Waals surface area contributed by atoms with Crippen LogP contribution in [0.5, 0.6) is 0 Å². The molecule has 0 unspecified atom stereocenters. The molecule has 0 bridgehead atoms. The van der Waals surface area contributed by atoms with Gasteiger partial charge in [-0.2, -0.15) is 4.98 Å². The van der Waals surface area contributed by atoms with Crippen LogP contribution in [0.2, 0.25) is 0 Å². The summed E-state index contributed by atoms with van der Waals surface area (Å²) in [7, 11) is 0. The first kappa shape index (κ1) is 13.4. The molecule has 0 radical (unpaired) electrons. The molecule has 0 aromatic carbocycles. The summed E-state index contributed by atoms with van der Waals surface area (Å²) in [5, 5.41) is 15.0. The zero-order valence-corrected chi connectivity index (χ0v) is 12.8. The van der Waals surface area contributed by atoms with Crippen LogP contribution in [0.3, 0.4) is 0 Å². The van der Waals surface area contributed by atoms with Crippen LogP contribution in [0.25, 0.3) is 0 Å². The molecule has 21 heavy (non-hydrogen) atoms. The van der Waals surface area contributed by atoms with Crippen LogP contribution in [0.4, 0.5) is 0 Å². The maximum absolute atomic E-state index is 9.98. The van der Waals surface area contributed by atoms with Crippen molar-refractivity contribution in [2.75, 3.05) is 6.54 Å². The minimum Gasteiger partial charge on any atom is -0.392 e. The summed E-state index contributed by atoms with van der Waals surface area (Å²) in [5.41, 5.74) is 1.28. The van der Waals surface area contributed by atoms with E-state index in [-0.39, 0.29) is 12.1 Å². The Morgan fingerprint density at radius 1 is 1.38 bits per heavy atom. The molecule has 0 saturated carbocycles. The Balaban J connectivity index is 1.54. The number of aliphatic hydroxyl groups is 1. The van der Waals surface area contributed by atoms with Gasteiger partial charge in [0.2, 0.25) is 5.89 Å². The number of aryl methyl sites for hydroxylation is 3. The molecule has 2 aromatic rings. The number of fused-ring (bicyclic) bond motifs is 1. The van der Waals surface area contributed by atoms with E-state index in [0.29, 0.717) is 24.7 Å². The van der Waals surface area contributed by atoms with Gasteiger partial charge in [0.25, 0.3) is 0 Å². The highest BCUT2D eigenvalue weighted by Gasteiger charge is 2.36. The van der Waals surface area contributed by atoms with Crippen LogP contribution in [0.1, 0.15) is 46.2 Å². The minimum atomic E-state index is -0.339. The maximum Gasteiger partial charge on any atom is 0.244 e. The van der Waals surface area contributed by atoms with E-state index in [1.54, 1.807) is 0 Å². The Bertz CT molecular complexity index is 632. The summed E-state index contributed by atoms with van der Waals surface area (Å²) < 4.78 is 5.29. The lowest BCUT2D eigenvalue weighted by Crippen LogP contribution is -2.24. The molecule has 1 aliphatic heterocycles. The molecule has 4 rings (SSSR count). The fourth-order valence-corrected chi connectivity index (χ4v) is 4.43. The first-order valence-corrected chi connectivity index (χ1v) is 8.20. The third kappa shape index (κ3) is 2.49. The van der Waals surface area contributed by atoms with Crippen LogP contribution in [-0.2, 0) is 19.4 Å². The van der Waals surface area contributed by atoms with Crippen molar-refractivity contribution in [1.29, 1.82) is 0 Å². The summed E-state index contributed by atoms with van der Waals surface area (Å²) in [6, 6.07) is -0.0000550. The number of hydrogen-bond acceptors (Lipinski definition) is 7. The standard InChI is InChI=1S/C14H18N4O2S/c1-8-15-14(20-17-8)11-5-9(19)6-18(11)7-13-16-10-3-2-4-12(10)21-13/h9,11,19H,2-7H2,1H3/t9-,11+/m0/s1. The normalized spacial score (nSPS) is 25.6. The second kappa shape index (κ2) is 5.15. The fourth-order valence-electron chi connectivity index (χ4n) is 3.24. The minimum absolute atomic E-state index is 0.0000550. The topological polar surface area (TPSA) is 75.3 Å². The number of rotatable bonds is 3. The van der Waals surface area contributed by atoms with E-state index in [0.717, 1.165) is 18.0 Å². The van der Waals surface area contributed by atoms with E-state index < -0.39 is 0 Å². The van der Waals surface area contributed by atoms with Crippen LogP contribution in [0.15, 0.2) is 4.52 Å². The molecule has 7 heteroatoms. The summed E-state index contributed by atoms with van der Waals surface area (Å²) in [4.78, 5) is 12.7. The molecule has 2 aromatic heterocycles. The van der Waals surface area contributed by atoms with Crippen LogP contribution in [0, 0.1) is 6.92 Å². The fraction of sp³-hybridized carbons (Fsp3) is 0.643. The molecule has 1 aliphatic carbocycles. The van der Waals surface area contributed by atoms with E-state index in [4.69, 9.17) is 9.51 Å². The zero-order chi connectivity index (χ0) is 14.4. The second-order valence-corrected chi connectivity index (χ2v) is 7.01. The first-order valence-electron chi connectivity index (χ1n) is 7.39. The van der Waals surface area contributed by atoms with E-state index >= 15 is 0 Å². The molecule has 1 fully saturated rings. The molecular weight excluding hydrogens is 288 g/mol. The maximum atomic E-state index is 9.98. The van der Waals surface area contributed by atoms with Gasteiger partial charge in [-0.3, -0.25) is 4.90 Å². The summed E-state index contributed by atoms with van der Waals surface area (Å²) in [6.07, 6.45) is 3.82. The average molecular weight is 306 g/mol. The van der Waals surface area contributed by atoms with Gasteiger partial charge in [-0.15, -0.1) is 11.3 Å². The highest BCUT2D eigenvalue weighted by atomic mass is 32.1. The van der Waals surface area contributed by atoms with E-state index in [1.807, 2.05) is 18.3 Å². The molecule has 1 saturated heterocycles. The number of hydrogen-bond donors (Lipinski definition) is 1. The molecule has 0 spiro atoms. The SMILES string of the molecule is Cc1noc([C@H]2C[C@H](O)CN2Cc2nc3c(s2)CCC3)n1. The molecule has 112 valence electrons. The van der Waals surface area contributed by atoms with Gasteiger partial charge in [0.05, 0.1) is 24.4 Å². The molecule has 6 nitrogen and oxygen atoms in total. The number of aliphatic hydroxyl groups excluding tert-OH is 1. The van der Waals surface area contributed by atoms with E-state index in [9.17, 15) is 5.11 Å². The smallest absolute Gasteiger partial charge is 0.244 e. The molecule has 1 N–H and O–H groups in total. The Hall–Kier alpha value is -1.31. The number of nitrogens with zero attached hydrogens (tertiary/aromatic N) is 4. The lowest BCUT2D eigenvalue weighted by Gasteiger charge is -2.19. The molecule has 3 heterocycles. The molecular formula is C14H18N4O2S. The Morgan fingerprint density at radius 2 is 2.29 bits per heavy atom. The second-order valence-electron chi connectivity index (χ2n) is 5.85. The van der Waals surface area contributed by atoms with E-state index in [1.165, 1.54) is 23.4 Å². The highest BCUT2D eigenvalue weighted by molar-refractivity contribution is 7.11. The number of thiazole rings is 1. The summed E-state index contributed by atoms with van der Waals surface area (Å²) in [5.74, 6) is 1.24. The van der Waals surface area contributed by atoms with Crippen molar-refractivity contribution in [3.05, 3.63) is 27.3 Å². The zero-order valence-electron chi connectivity index (χ0n) is 11.9. The van der Waals surface area contributed by atoms with Gasteiger partial charge in [-0.05, 0) is 32.6 Å². The molecule has 2 atom stereocenters. The van der Waals surface area contributed by atoms with Gasteiger partial charge in [0, 0.05) is 11.4 Å². The predicted octanol–water partition coefficient (Wildman–Crippen LogP) is 1.63. The van der Waals surface area contributed by atoms with Crippen molar-refractivity contribution in [2.24, 2.45) is 0 Å². The van der Waals surface area contributed by atoms with Gasteiger partial charge < -0.3 is 9.63 Å². The lowest BCUT2D eigenvalue weighted by molar-refractivity contribution is 0.169. The Morgan fingerprint density at radius 3 is 3.05 bits per heavy atom. The Labute approximate surface area is 126 Å². The van der Waals surface area contributed by atoms with Gasteiger partial charge in [-0.1, -0.05) is 5.16 Å². The van der Waals surface area contributed by atoms with Crippen molar-refractivity contribution in [2.45, 2.75) is 51.3 Å². The number of aromatic nitrogens is 3. The van der Waals surface area contributed by atoms with Crippen LogP contribution in [-0.4, -0.2) is 37.8 Å². The van der Waals surface area contributed by atoms with Crippen molar-refractivity contribution >= 4 is 11.3 Å². The summed E-state index contributed by atoms with van der Waals surface area (Å²) in [6.45, 7) is 3.20. The largest absolute Gasteiger partial charge is 0.392 e. The average Bonchev–Trinajstić information content (AvgIpc) is 3.14. The monoisotopic (exact) mass is 306 g/mol. The van der Waals surface area contributed by atoms with Crippen LogP contribution >= 0.6 is 11.3 Å². The van der Waals surface area contributed by atoms with Crippen molar-refractivity contribution in [1.82, 2.24) is 20.0 Å². The van der Waals surface area contributed by atoms with Crippen molar-refractivity contribution < 1.29 is 9.63 Å². The van der Waals surface area contributed by atoms with Gasteiger partial charge >= 0.3 is 0 Å². The lowest BCUT2D eigenvalue weighted by atomic mass is 10.2.